The molecule has 2 heterocycles. The quantitative estimate of drug-likeness (QED) is 0.530. The summed E-state index contributed by atoms with van der Waals surface area (Å²) in [4.78, 5) is 14.8. The average Bonchev–Trinajstić information content (AvgIpc) is 2.79. The van der Waals surface area contributed by atoms with Gasteiger partial charge in [-0.3, -0.25) is 9.69 Å². The number of carbonyl (C=O) groups excluding carboxylic acids is 1. The molecule has 1 aliphatic rings. The summed E-state index contributed by atoms with van der Waals surface area (Å²) in [5.74, 6) is 0.530. The number of furan rings is 1. The van der Waals surface area contributed by atoms with Crippen molar-refractivity contribution in [2.24, 2.45) is 0 Å². The monoisotopic (exact) mass is 222 g/mol. The van der Waals surface area contributed by atoms with Crippen LogP contribution in [0.5, 0.6) is 0 Å². The Bertz CT molecular complexity index is 436. The van der Waals surface area contributed by atoms with E-state index in [4.69, 9.17) is 16.6 Å². The molecule has 1 fully saturated rings. The van der Waals surface area contributed by atoms with Crippen molar-refractivity contribution in [3.8, 4) is 0 Å². The molecule has 1 aromatic heterocycles. The van der Waals surface area contributed by atoms with Crippen LogP contribution in [0, 0.1) is 0 Å². The summed E-state index contributed by atoms with van der Waals surface area (Å²) in [6.45, 7) is 0. The van der Waals surface area contributed by atoms with Crippen LogP contribution in [0.3, 0.4) is 0 Å². The zero-order valence-corrected chi connectivity index (χ0v) is 9.25. The number of hydrogen-bond donors (Lipinski definition) is 0. The van der Waals surface area contributed by atoms with Crippen LogP contribution in [0.1, 0.15) is 5.76 Å². The Morgan fingerprint density at radius 2 is 2.13 bits per heavy atom. The maximum absolute atomic E-state index is 11.7. The fraction of sp³-hybridized carbons (Fsp3) is 0.200. The molecule has 78 valence electrons. The summed E-state index contributed by atoms with van der Waals surface area (Å²) in [6, 6.07) is 3.56. The minimum Gasteiger partial charge on any atom is -0.465 e. The van der Waals surface area contributed by atoms with Crippen molar-refractivity contribution in [2.75, 3.05) is 14.1 Å². The second-order valence-electron chi connectivity index (χ2n) is 3.25. The largest absolute Gasteiger partial charge is 0.465 e. The smallest absolute Gasteiger partial charge is 0.276 e. The number of carbonyl (C=O) groups is 1. The molecule has 0 N–H and O–H groups in total. The van der Waals surface area contributed by atoms with Gasteiger partial charge < -0.3 is 9.32 Å². The van der Waals surface area contributed by atoms with Gasteiger partial charge in [0, 0.05) is 20.2 Å². The normalized spacial score (nSPS) is 19.5. The third-order valence-electron chi connectivity index (χ3n) is 2.28. The van der Waals surface area contributed by atoms with E-state index < -0.39 is 0 Å². The highest BCUT2D eigenvalue weighted by Crippen LogP contribution is 2.20. The minimum absolute atomic E-state index is 0.112. The highest BCUT2D eigenvalue weighted by atomic mass is 32.1. The average molecular weight is 222 g/mol. The molecular formula is C10H10N2O2S. The van der Waals surface area contributed by atoms with Gasteiger partial charge in [0.1, 0.15) is 11.5 Å². The molecule has 2 rings (SSSR count). The lowest BCUT2D eigenvalue weighted by Gasteiger charge is -2.10. The molecule has 0 radical (unpaired) electrons. The Morgan fingerprint density at radius 3 is 2.60 bits per heavy atom. The second kappa shape index (κ2) is 3.51. The van der Waals surface area contributed by atoms with Crippen LogP contribution in [0.15, 0.2) is 28.5 Å². The number of rotatable bonds is 1. The molecule has 1 amide bonds. The number of likely N-dealkylation sites (N-methyl/N-ethyl adjacent to an activating group) is 2. The standard InChI is InChI=1S/C10H10N2O2S/c1-11-8(6-7-4-3-5-14-7)9(13)12(2)10(11)15/h3-6H,1-2H3/b8-6+. The fourth-order valence-electron chi connectivity index (χ4n) is 1.40. The predicted octanol–water partition coefficient (Wildman–Crippen LogP) is 1.31. The summed E-state index contributed by atoms with van der Waals surface area (Å²) >= 11 is 5.07. The number of hydrogen-bond acceptors (Lipinski definition) is 3. The topological polar surface area (TPSA) is 36.7 Å². The van der Waals surface area contributed by atoms with E-state index in [1.54, 1.807) is 43.5 Å². The lowest BCUT2D eigenvalue weighted by atomic mass is 10.3. The zero-order chi connectivity index (χ0) is 11.0. The van der Waals surface area contributed by atoms with Crippen molar-refractivity contribution in [2.45, 2.75) is 0 Å². The molecule has 15 heavy (non-hydrogen) atoms. The number of nitrogens with zero attached hydrogens (tertiary/aromatic N) is 2. The third kappa shape index (κ3) is 1.55. The van der Waals surface area contributed by atoms with Gasteiger partial charge in [-0.1, -0.05) is 0 Å². The van der Waals surface area contributed by atoms with E-state index in [0.717, 1.165) is 0 Å². The van der Waals surface area contributed by atoms with Crippen LogP contribution in [-0.4, -0.2) is 34.9 Å². The van der Waals surface area contributed by atoms with E-state index in [1.807, 2.05) is 0 Å². The summed E-state index contributed by atoms with van der Waals surface area (Å²) in [5.41, 5.74) is 0.525. The van der Waals surface area contributed by atoms with Crippen molar-refractivity contribution in [3.05, 3.63) is 29.9 Å². The van der Waals surface area contributed by atoms with Crippen LogP contribution in [0.4, 0.5) is 0 Å². The Morgan fingerprint density at radius 1 is 1.40 bits per heavy atom. The molecule has 0 aromatic carbocycles. The lowest BCUT2D eigenvalue weighted by molar-refractivity contribution is -0.121. The van der Waals surface area contributed by atoms with Crippen LogP contribution in [0.2, 0.25) is 0 Å². The Kier molecular flexibility index (Phi) is 2.32. The van der Waals surface area contributed by atoms with Gasteiger partial charge in [-0.15, -0.1) is 0 Å². The Labute approximate surface area is 92.8 Å². The first kappa shape index (κ1) is 9.92. The van der Waals surface area contributed by atoms with Crippen molar-refractivity contribution in [1.82, 2.24) is 9.80 Å². The first-order valence-electron chi connectivity index (χ1n) is 4.42. The zero-order valence-electron chi connectivity index (χ0n) is 8.43. The molecule has 0 aliphatic carbocycles. The molecule has 0 spiro atoms. The lowest BCUT2D eigenvalue weighted by Crippen LogP contribution is -2.26. The first-order chi connectivity index (χ1) is 7.11. The first-order valence-corrected chi connectivity index (χ1v) is 4.83. The van der Waals surface area contributed by atoms with Gasteiger partial charge in [-0.05, 0) is 24.4 Å². The molecule has 1 saturated heterocycles. The molecule has 0 bridgehead atoms. The summed E-state index contributed by atoms with van der Waals surface area (Å²) in [5, 5.41) is 0.498. The van der Waals surface area contributed by atoms with E-state index in [2.05, 4.69) is 0 Å². The van der Waals surface area contributed by atoms with Gasteiger partial charge in [0.2, 0.25) is 0 Å². The van der Waals surface area contributed by atoms with Gasteiger partial charge in [0.25, 0.3) is 5.91 Å². The highest BCUT2D eigenvalue weighted by molar-refractivity contribution is 7.80. The molecule has 0 atom stereocenters. The van der Waals surface area contributed by atoms with E-state index in [9.17, 15) is 4.79 Å². The fourth-order valence-corrected chi connectivity index (χ4v) is 1.58. The van der Waals surface area contributed by atoms with Crippen LogP contribution in [0.25, 0.3) is 6.08 Å². The summed E-state index contributed by atoms with van der Waals surface area (Å²) < 4.78 is 5.15. The summed E-state index contributed by atoms with van der Waals surface area (Å²) in [7, 11) is 3.42. The van der Waals surface area contributed by atoms with Gasteiger partial charge in [-0.25, -0.2) is 0 Å². The molecular weight excluding hydrogens is 212 g/mol. The van der Waals surface area contributed by atoms with Crippen molar-refractivity contribution >= 4 is 29.3 Å². The molecule has 1 aromatic rings. The SMILES string of the molecule is CN1C(=O)/C(=C\c2ccco2)N(C)C1=S. The van der Waals surface area contributed by atoms with Crippen molar-refractivity contribution < 1.29 is 9.21 Å². The van der Waals surface area contributed by atoms with Crippen LogP contribution < -0.4 is 0 Å². The molecule has 4 nitrogen and oxygen atoms in total. The van der Waals surface area contributed by atoms with E-state index in [1.165, 1.54) is 4.90 Å². The van der Waals surface area contributed by atoms with Gasteiger partial charge >= 0.3 is 0 Å². The predicted molar refractivity (Wildman–Crippen MR) is 59.8 cm³/mol. The maximum Gasteiger partial charge on any atom is 0.276 e. The van der Waals surface area contributed by atoms with Gasteiger partial charge in [0.15, 0.2) is 5.11 Å². The van der Waals surface area contributed by atoms with Crippen LogP contribution in [-0.2, 0) is 4.79 Å². The minimum atomic E-state index is -0.112. The molecule has 1 aliphatic heterocycles. The molecule has 5 heteroatoms. The Hall–Kier alpha value is -1.62. The van der Waals surface area contributed by atoms with Crippen molar-refractivity contribution in [1.29, 1.82) is 0 Å². The van der Waals surface area contributed by atoms with Gasteiger partial charge in [0.05, 0.1) is 6.26 Å². The van der Waals surface area contributed by atoms with Crippen molar-refractivity contribution in [3.63, 3.8) is 0 Å². The van der Waals surface area contributed by atoms with E-state index in [-0.39, 0.29) is 5.91 Å². The van der Waals surface area contributed by atoms with Crippen LogP contribution >= 0.6 is 12.2 Å². The van der Waals surface area contributed by atoms with E-state index >= 15 is 0 Å². The van der Waals surface area contributed by atoms with Gasteiger partial charge in [-0.2, -0.15) is 0 Å². The maximum atomic E-state index is 11.7. The Balaban J connectivity index is 2.38. The summed E-state index contributed by atoms with van der Waals surface area (Å²) in [6.07, 6.45) is 3.24. The second-order valence-corrected chi connectivity index (χ2v) is 3.62. The third-order valence-corrected chi connectivity index (χ3v) is 2.83. The number of amides is 1. The molecule has 0 saturated carbocycles. The number of thiocarbonyl (C=S) groups is 1. The van der Waals surface area contributed by atoms with E-state index in [0.29, 0.717) is 16.6 Å². The highest BCUT2D eigenvalue weighted by Gasteiger charge is 2.32. The molecule has 0 unspecified atom stereocenters.